The molecule has 2 heterocycles. The SMILES string of the molecule is CC(C)c1ccc(N2C(=O)/C(=N\Nc3ccc(/C=C4\SC(=O)NC4=O)cc3O)c3cc(F)cc(F)c32)cc1. The van der Waals surface area contributed by atoms with Crippen LogP contribution < -0.4 is 15.6 Å². The Hall–Kier alpha value is -4.51. The number of nitrogens with one attached hydrogen (secondary N) is 2. The average Bonchev–Trinajstić information content (AvgIpc) is 3.33. The summed E-state index contributed by atoms with van der Waals surface area (Å²) in [5.41, 5.74) is 4.15. The van der Waals surface area contributed by atoms with Crippen molar-refractivity contribution >= 4 is 57.7 Å². The van der Waals surface area contributed by atoms with Gasteiger partial charge in [0.1, 0.15) is 11.6 Å². The minimum atomic E-state index is -0.918. The standard InChI is InChI=1S/C27H20F2N4O4S/c1-13(2)15-4-6-17(7-5-15)33-24-18(11-16(28)12-19(24)29)23(26(33)36)32-31-20-8-3-14(9-21(20)34)10-22-25(35)30-27(37)38-22/h3-13,31,34H,1-2H3,(H,30,35,37)/b22-10-,32-23-. The Morgan fingerprint density at radius 1 is 1.05 bits per heavy atom. The van der Waals surface area contributed by atoms with Crippen LogP contribution in [0.1, 0.15) is 36.5 Å². The summed E-state index contributed by atoms with van der Waals surface area (Å²) in [5, 5.41) is 16.2. The molecule has 0 atom stereocenters. The van der Waals surface area contributed by atoms with Gasteiger partial charge in [-0.1, -0.05) is 32.0 Å². The Kier molecular flexibility index (Phi) is 6.45. The predicted molar refractivity (Wildman–Crippen MR) is 141 cm³/mol. The molecule has 38 heavy (non-hydrogen) atoms. The molecule has 8 nitrogen and oxygen atoms in total. The number of aromatic hydroxyl groups is 1. The minimum Gasteiger partial charge on any atom is -0.506 e. The van der Waals surface area contributed by atoms with Crippen molar-refractivity contribution in [2.75, 3.05) is 10.3 Å². The molecule has 0 bridgehead atoms. The average molecular weight is 535 g/mol. The Morgan fingerprint density at radius 3 is 2.42 bits per heavy atom. The zero-order valence-electron chi connectivity index (χ0n) is 20.1. The second kappa shape index (κ2) is 9.75. The molecule has 0 unspecified atom stereocenters. The van der Waals surface area contributed by atoms with E-state index in [2.05, 4.69) is 15.8 Å². The summed E-state index contributed by atoms with van der Waals surface area (Å²) in [4.78, 5) is 37.8. The van der Waals surface area contributed by atoms with Gasteiger partial charge >= 0.3 is 0 Å². The van der Waals surface area contributed by atoms with Gasteiger partial charge in [-0.25, -0.2) is 8.78 Å². The van der Waals surface area contributed by atoms with Crippen molar-refractivity contribution in [3.05, 3.63) is 87.8 Å². The number of hydrazone groups is 1. The molecule has 0 saturated carbocycles. The van der Waals surface area contributed by atoms with Gasteiger partial charge in [0.05, 0.1) is 16.3 Å². The number of rotatable bonds is 5. The molecule has 0 aromatic heterocycles. The summed E-state index contributed by atoms with van der Waals surface area (Å²) in [6, 6.07) is 13.1. The number of thioether (sulfide) groups is 1. The largest absolute Gasteiger partial charge is 0.506 e. The maximum absolute atomic E-state index is 14.9. The molecule has 5 rings (SSSR count). The third-order valence-corrected chi connectivity index (χ3v) is 6.79. The van der Waals surface area contributed by atoms with Crippen LogP contribution in [0.5, 0.6) is 5.75 Å². The van der Waals surface area contributed by atoms with Crippen LogP contribution in [-0.2, 0) is 9.59 Å². The highest BCUT2D eigenvalue weighted by molar-refractivity contribution is 8.18. The summed E-state index contributed by atoms with van der Waals surface area (Å²) >= 11 is 0.741. The van der Waals surface area contributed by atoms with E-state index >= 15 is 0 Å². The number of fused-ring (bicyclic) bond motifs is 1. The zero-order chi connectivity index (χ0) is 27.1. The van der Waals surface area contributed by atoms with E-state index in [4.69, 9.17) is 0 Å². The first-order valence-electron chi connectivity index (χ1n) is 11.5. The van der Waals surface area contributed by atoms with Crippen LogP contribution in [0.25, 0.3) is 6.08 Å². The number of imide groups is 1. The van der Waals surface area contributed by atoms with E-state index in [0.29, 0.717) is 17.3 Å². The van der Waals surface area contributed by atoms with Crippen LogP contribution in [0, 0.1) is 11.6 Å². The summed E-state index contributed by atoms with van der Waals surface area (Å²) in [6.07, 6.45) is 1.44. The van der Waals surface area contributed by atoms with Crippen molar-refractivity contribution in [1.29, 1.82) is 0 Å². The minimum absolute atomic E-state index is 0.0392. The molecule has 3 aromatic rings. The van der Waals surface area contributed by atoms with E-state index in [-0.39, 0.29) is 39.2 Å². The van der Waals surface area contributed by atoms with Gasteiger partial charge in [0.2, 0.25) is 0 Å². The van der Waals surface area contributed by atoms with E-state index in [1.165, 1.54) is 18.2 Å². The lowest BCUT2D eigenvalue weighted by Crippen LogP contribution is -2.26. The van der Waals surface area contributed by atoms with Gasteiger partial charge in [-0.3, -0.25) is 30.0 Å². The summed E-state index contributed by atoms with van der Waals surface area (Å²) in [5.74, 6) is -3.01. The third kappa shape index (κ3) is 4.63. The van der Waals surface area contributed by atoms with Gasteiger partial charge in [0, 0.05) is 17.3 Å². The molecular weight excluding hydrogens is 514 g/mol. The van der Waals surface area contributed by atoms with Gasteiger partial charge in [-0.15, -0.1) is 0 Å². The third-order valence-electron chi connectivity index (χ3n) is 5.98. The number of anilines is 3. The lowest BCUT2D eigenvalue weighted by atomic mass is 10.0. The first-order chi connectivity index (χ1) is 18.1. The van der Waals surface area contributed by atoms with E-state index < -0.39 is 28.7 Å². The molecule has 2 aliphatic rings. The van der Waals surface area contributed by atoms with Crippen molar-refractivity contribution in [3.8, 4) is 5.75 Å². The molecule has 1 fully saturated rings. The number of amides is 3. The number of carbonyl (C=O) groups is 3. The number of halogens is 2. The molecule has 3 N–H and O–H groups in total. The molecule has 0 radical (unpaired) electrons. The smallest absolute Gasteiger partial charge is 0.290 e. The second-order valence-corrected chi connectivity index (χ2v) is 9.89. The van der Waals surface area contributed by atoms with E-state index in [0.717, 1.165) is 28.3 Å². The number of carbonyl (C=O) groups excluding carboxylic acids is 3. The number of hydrogen-bond acceptors (Lipinski definition) is 7. The van der Waals surface area contributed by atoms with Crippen molar-refractivity contribution in [2.24, 2.45) is 5.10 Å². The van der Waals surface area contributed by atoms with Crippen LogP contribution in [0.15, 0.2) is 64.6 Å². The van der Waals surface area contributed by atoms with Crippen molar-refractivity contribution in [2.45, 2.75) is 19.8 Å². The van der Waals surface area contributed by atoms with Crippen molar-refractivity contribution < 1.29 is 28.3 Å². The van der Waals surface area contributed by atoms with Crippen molar-refractivity contribution in [1.82, 2.24) is 5.32 Å². The lowest BCUT2D eigenvalue weighted by molar-refractivity contribution is -0.115. The molecule has 1 saturated heterocycles. The fourth-order valence-corrected chi connectivity index (χ4v) is 4.76. The number of benzene rings is 3. The van der Waals surface area contributed by atoms with Gasteiger partial charge in [-0.2, -0.15) is 5.10 Å². The monoisotopic (exact) mass is 534 g/mol. The fourth-order valence-electron chi connectivity index (χ4n) is 4.08. The van der Waals surface area contributed by atoms with E-state index in [9.17, 15) is 28.3 Å². The summed E-state index contributed by atoms with van der Waals surface area (Å²) in [7, 11) is 0. The summed E-state index contributed by atoms with van der Waals surface area (Å²) in [6.45, 7) is 4.04. The Morgan fingerprint density at radius 2 is 1.79 bits per heavy atom. The maximum Gasteiger partial charge on any atom is 0.290 e. The summed E-state index contributed by atoms with van der Waals surface area (Å²) < 4.78 is 29.1. The van der Waals surface area contributed by atoms with Gasteiger partial charge in [0.15, 0.2) is 11.5 Å². The molecule has 0 aliphatic carbocycles. The van der Waals surface area contributed by atoms with Crippen LogP contribution >= 0.6 is 11.8 Å². The Balaban J connectivity index is 1.47. The predicted octanol–water partition coefficient (Wildman–Crippen LogP) is 5.61. The molecule has 11 heteroatoms. The normalized spacial score (nSPS) is 17.1. The van der Waals surface area contributed by atoms with Gasteiger partial charge < -0.3 is 5.11 Å². The molecular formula is C27H20F2N4O4S. The molecule has 0 spiro atoms. The van der Waals surface area contributed by atoms with Crippen LogP contribution in [0.3, 0.4) is 0 Å². The topological polar surface area (TPSA) is 111 Å². The van der Waals surface area contributed by atoms with E-state index in [1.807, 2.05) is 26.0 Å². The Labute approximate surface area is 220 Å². The van der Waals surface area contributed by atoms with Crippen LogP contribution in [0.4, 0.5) is 30.6 Å². The van der Waals surface area contributed by atoms with Crippen molar-refractivity contribution in [3.63, 3.8) is 0 Å². The molecule has 192 valence electrons. The van der Waals surface area contributed by atoms with Gasteiger partial charge in [0.25, 0.3) is 17.1 Å². The van der Waals surface area contributed by atoms with Gasteiger partial charge in [-0.05, 0) is 65.2 Å². The lowest BCUT2D eigenvalue weighted by Gasteiger charge is -2.18. The van der Waals surface area contributed by atoms with Crippen LogP contribution in [0.2, 0.25) is 0 Å². The van der Waals surface area contributed by atoms with Crippen LogP contribution in [-0.4, -0.2) is 27.9 Å². The highest BCUT2D eigenvalue weighted by atomic mass is 32.2. The maximum atomic E-state index is 14.9. The van der Waals surface area contributed by atoms with E-state index in [1.54, 1.807) is 18.2 Å². The first kappa shape index (κ1) is 25.2. The molecule has 3 aromatic carbocycles. The Bertz CT molecular complexity index is 1570. The number of phenolic OH excluding ortho intramolecular Hbond substituents is 1. The quantitative estimate of drug-likeness (QED) is 0.223. The first-order valence-corrected chi connectivity index (χ1v) is 12.3. The molecule has 3 amide bonds. The second-order valence-electron chi connectivity index (χ2n) is 8.87. The fraction of sp³-hybridized carbons (Fsp3) is 0.111. The zero-order valence-corrected chi connectivity index (χ0v) is 20.9. The highest BCUT2D eigenvalue weighted by Gasteiger charge is 2.38. The highest BCUT2D eigenvalue weighted by Crippen LogP contribution is 2.39. The number of nitrogens with zero attached hydrogens (tertiary/aromatic N) is 2. The number of hydrogen-bond donors (Lipinski definition) is 3. The molecule has 2 aliphatic heterocycles. The number of phenols is 1.